The predicted molar refractivity (Wildman–Crippen MR) is 113 cm³/mol. The molecule has 0 saturated carbocycles. The van der Waals surface area contributed by atoms with Crippen LogP contribution in [0.5, 0.6) is 0 Å². The number of nitrogens with one attached hydrogen (secondary N) is 1. The fourth-order valence-corrected chi connectivity index (χ4v) is 3.71. The SMILES string of the molecule is CC1=C(C(=O)OCc2ccccc2)C(c2occc2-c2ccccc2)n2nnnc2N1. The van der Waals surface area contributed by atoms with Crippen LogP contribution in [-0.4, -0.2) is 26.2 Å². The smallest absolute Gasteiger partial charge is 0.338 e. The van der Waals surface area contributed by atoms with Gasteiger partial charge < -0.3 is 14.5 Å². The minimum absolute atomic E-state index is 0.162. The van der Waals surface area contributed by atoms with Crippen LogP contribution in [0, 0.1) is 0 Å². The Morgan fingerprint density at radius 1 is 1.10 bits per heavy atom. The number of carbonyl (C=O) groups is 1. The molecular weight excluding hydrogens is 394 g/mol. The number of hydrogen-bond acceptors (Lipinski definition) is 7. The largest absolute Gasteiger partial charge is 0.466 e. The molecule has 2 aromatic carbocycles. The second-order valence-corrected chi connectivity index (χ2v) is 7.14. The molecule has 0 aliphatic carbocycles. The number of nitrogens with zero attached hydrogens (tertiary/aromatic N) is 4. The Labute approximate surface area is 178 Å². The highest BCUT2D eigenvalue weighted by Crippen LogP contribution is 2.40. The summed E-state index contributed by atoms with van der Waals surface area (Å²) in [6.07, 6.45) is 1.60. The summed E-state index contributed by atoms with van der Waals surface area (Å²) in [5, 5.41) is 15.0. The number of furan rings is 1. The molecule has 0 radical (unpaired) electrons. The van der Waals surface area contributed by atoms with Gasteiger partial charge in [0.2, 0.25) is 5.95 Å². The standard InChI is InChI=1S/C23H19N5O3/c1-15-19(22(29)31-14-16-8-4-2-5-9-16)20(28-23(24-15)25-26-27-28)21-18(12-13-30-21)17-10-6-3-7-11-17/h2-13,20H,14H2,1H3,(H,24,25,27). The van der Waals surface area contributed by atoms with Crippen LogP contribution in [0.15, 0.2) is 88.7 Å². The van der Waals surface area contributed by atoms with Gasteiger partial charge in [-0.3, -0.25) is 0 Å². The molecule has 1 unspecified atom stereocenters. The molecule has 5 rings (SSSR count). The summed E-state index contributed by atoms with van der Waals surface area (Å²) in [5.41, 5.74) is 3.73. The van der Waals surface area contributed by atoms with E-state index in [-0.39, 0.29) is 6.61 Å². The molecule has 1 atom stereocenters. The lowest BCUT2D eigenvalue weighted by Gasteiger charge is -2.26. The lowest BCUT2D eigenvalue weighted by molar-refractivity contribution is -0.140. The number of aromatic nitrogens is 4. The summed E-state index contributed by atoms with van der Waals surface area (Å²) in [5.74, 6) is 0.528. The average molecular weight is 413 g/mol. The summed E-state index contributed by atoms with van der Waals surface area (Å²) in [6, 6.07) is 20.6. The van der Waals surface area contributed by atoms with Crippen molar-refractivity contribution in [1.29, 1.82) is 0 Å². The maximum Gasteiger partial charge on any atom is 0.338 e. The van der Waals surface area contributed by atoms with Gasteiger partial charge in [0.05, 0.1) is 11.8 Å². The van der Waals surface area contributed by atoms with Gasteiger partial charge in [-0.25, -0.2) is 4.79 Å². The molecule has 154 valence electrons. The van der Waals surface area contributed by atoms with Crippen molar-refractivity contribution in [3.05, 3.63) is 95.6 Å². The van der Waals surface area contributed by atoms with Gasteiger partial charge >= 0.3 is 5.97 Å². The van der Waals surface area contributed by atoms with E-state index in [4.69, 9.17) is 9.15 Å². The number of ether oxygens (including phenoxy) is 1. The Hall–Kier alpha value is -4.20. The summed E-state index contributed by atoms with van der Waals surface area (Å²) in [7, 11) is 0. The first-order valence-corrected chi connectivity index (χ1v) is 9.82. The molecule has 4 aromatic rings. The average Bonchev–Trinajstić information content (AvgIpc) is 3.47. The Morgan fingerprint density at radius 3 is 2.61 bits per heavy atom. The highest BCUT2D eigenvalue weighted by molar-refractivity contribution is 5.92. The topological polar surface area (TPSA) is 95.1 Å². The van der Waals surface area contributed by atoms with Crippen molar-refractivity contribution < 1.29 is 13.9 Å². The van der Waals surface area contributed by atoms with Crippen LogP contribution < -0.4 is 5.32 Å². The number of allylic oxidation sites excluding steroid dienone is 1. The quantitative estimate of drug-likeness (QED) is 0.495. The fraction of sp³-hybridized carbons (Fsp3) is 0.130. The first-order chi connectivity index (χ1) is 15.2. The number of rotatable bonds is 5. The molecular formula is C23H19N5O3. The molecule has 0 fully saturated rings. The van der Waals surface area contributed by atoms with Gasteiger partial charge in [-0.1, -0.05) is 65.8 Å². The van der Waals surface area contributed by atoms with Crippen molar-refractivity contribution in [3.63, 3.8) is 0 Å². The number of tetrazole rings is 1. The lowest BCUT2D eigenvalue weighted by atomic mass is 9.95. The van der Waals surface area contributed by atoms with Crippen LogP contribution in [0.3, 0.4) is 0 Å². The Balaban J connectivity index is 1.54. The van der Waals surface area contributed by atoms with Gasteiger partial charge in [-0.2, -0.15) is 4.68 Å². The summed E-state index contributed by atoms with van der Waals surface area (Å²) in [6.45, 7) is 1.96. The van der Waals surface area contributed by atoms with E-state index >= 15 is 0 Å². The molecule has 0 spiro atoms. The van der Waals surface area contributed by atoms with E-state index in [1.807, 2.05) is 66.7 Å². The lowest BCUT2D eigenvalue weighted by Crippen LogP contribution is -2.29. The molecule has 1 aliphatic rings. The van der Waals surface area contributed by atoms with E-state index in [2.05, 4.69) is 20.8 Å². The molecule has 8 heteroatoms. The van der Waals surface area contributed by atoms with E-state index in [1.54, 1.807) is 13.2 Å². The maximum atomic E-state index is 13.2. The number of hydrogen-bond donors (Lipinski definition) is 1. The van der Waals surface area contributed by atoms with E-state index < -0.39 is 12.0 Å². The minimum atomic E-state index is -0.667. The second kappa shape index (κ2) is 7.91. The first kappa shape index (κ1) is 18.8. The van der Waals surface area contributed by atoms with Gasteiger partial charge in [0, 0.05) is 11.3 Å². The first-order valence-electron chi connectivity index (χ1n) is 9.82. The highest BCUT2D eigenvalue weighted by Gasteiger charge is 2.38. The zero-order valence-electron chi connectivity index (χ0n) is 16.7. The van der Waals surface area contributed by atoms with Crippen molar-refractivity contribution in [1.82, 2.24) is 20.2 Å². The highest BCUT2D eigenvalue weighted by atomic mass is 16.5. The Kier molecular flexibility index (Phi) is 4.80. The molecule has 0 bridgehead atoms. The number of carbonyl (C=O) groups excluding carboxylic acids is 1. The fourth-order valence-electron chi connectivity index (χ4n) is 3.71. The third-order valence-electron chi connectivity index (χ3n) is 5.18. The molecule has 31 heavy (non-hydrogen) atoms. The zero-order valence-corrected chi connectivity index (χ0v) is 16.7. The molecule has 0 saturated heterocycles. The summed E-state index contributed by atoms with van der Waals surface area (Å²) >= 11 is 0. The molecule has 2 aromatic heterocycles. The molecule has 3 heterocycles. The van der Waals surface area contributed by atoms with Crippen molar-refractivity contribution >= 4 is 11.9 Å². The number of fused-ring (bicyclic) bond motifs is 1. The van der Waals surface area contributed by atoms with Gasteiger partial charge in [0.1, 0.15) is 18.4 Å². The van der Waals surface area contributed by atoms with Gasteiger partial charge in [-0.05, 0) is 34.5 Å². The van der Waals surface area contributed by atoms with Crippen molar-refractivity contribution in [3.8, 4) is 11.1 Å². The van der Waals surface area contributed by atoms with E-state index in [1.165, 1.54) is 4.68 Å². The predicted octanol–water partition coefficient (Wildman–Crippen LogP) is 3.97. The molecule has 0 amide bonds. The number of benzene rings is 2. The Morgan fingerprint density at radius 2 is 1.84 bits per heavy atom. The van der Waals surface area contributed by atoms with Crippen molar-refractivity contribution in [2.45, 2.75) is 19.6 Å². The van der Waals surface area contributed by atoms with Crippen LogP contribution in [0.4, 0.5) is 5.95 Å². The van der Waals surface area contributed by atoms with Gasteiger partial charge in [-0.15, -0.1) is 0 Å². The monoisotopic (exact) mass is 413 g/mol. The van der Waals surface area contributed by atoms with E-state index in [0.717, 1.165) is 16.7 Å². The minimum Gasteiger partial charge on any atom is -0.466 e. The zero-order chi connectivity index (χ0) is 21.2. The normalized spacial score (nSPS) is 15.3. The van der Waals surface area contributed by atoms with E-state index in [9.17, 15) is 4.79 Å². The van der Waals surface area contributed by atoms with E-state index in [0.29, 0.717) is 23.0 Å². The number of anilines is 1. The third-order valence-corrected chi connectivity index (χ3v) is 5.18. The summed E-state index contributed by atoms with van der Waals surface area (Å²) < 4.78 is 13.1. The van der Waals surface area contributed by atoms with Crippen LogP contribution in [0.1, 0.15) is 24.3 Å². The second-order valence-electron chi connectivity index (χ2n) is 7.14. The van der Waals surface area contributed by atoms with Crippen molar-refractivity contribution in [2.24, 2.45) is 0 Å². The van der Waals surface area contributed by atoms with Crippen LogP contribution in [0.2, 0.25) is 0 Å². The molecule has 1 aliphatic heterocycles. The summed E-state index contributed by atoms with van der Waals surface area (Å²) in [4.78, 5) is 13.2. The third kappa shape index (κ3) is 3.48. The van der Waals surface area contributed by atoms with Crippen molar-refractivity contribution in [2.75, 3.05) is 5.32 Å². The molecule has 1 N–H and O–H groups in total. The maximum absolute atomic E-state index is 13.2. The molecule has 8 nitrogen and oxygen atoms in total. The van der Waals surface area contributed by atoms with Gasteiger partial charge in [0.25, 0.3) is 0 Å². The van der Waals surface area contributed by atoms with Gasteiger partial charge in [0.15, 0.2) is 0 Å². The van der Waals surface area contributed by atoms with Crippen LogP contribution in [-0.2, 0) is 16.1 Å². The number of esters is 1. The Bertz CT molecular complexity index is 1240. The van der Waals surface area contributed by atoms with Crippen LogP contribution in [0.25, 0.3) is 11.1 Å². The van der Waals surface area contributed by atoms with Crippen LogP contribution >= 0.6 is 0 Å².